The number of thiophene rings is 1. The molecule has 1 saturated heterocycles. The van der Waals surface area contributed by atoms with Gasteiger partial charge in [0.2, 0.25) is 0 Å². The summed E-state index contributed by atoms with van der Waals surface area (Å²) >= 11 is 1.72. The normalized spacial score (nSPS) is 15.8. The molecular formula is C24H29N5S. The second-order valence-corrected chi connectivity index (χ2v) is 9.28. The largest absolute Gasteiger partial charge is 0.369 e. The standard InChI is InChI=1S/C24H29N5S/c1-17-12-19-14-20-22(23(19)26-15-17)24(25-7-5-10-29-8-3-2-4-9-29)28-21(27-20)13-18-6-11-30-16-18/h6,11-12,15-16H,2-5,7-10,13-14H2,1H3,(H,25,27,28). The lowest BCUT2D eigenvalue weighted by atomic mass is 10.1. The van der Waals surface area contributed by atoms with Crippen LogP contribution in [0.5, 0.6) is 0 Å². The summed E-state index contributed by atoms with van der Waals surface area (Å²) in [4.78, 5) is 17.2. The fourth-order valence-electron chi connectivity index (χ4n) is 4.58. The van der Waals surface area contributed by atoms with E-state index in [1.165, 1.54) is 49.0 Å². The van der Waals surface area contributed by atoms with E-state index in [1.54, 1.807) is 11.3 Å². The van der Waals surface area contributed by atoms with E-state index < -0.39 is 0 Å². The third-order valence-electron chi connectivity index (χ3n) is 6.06. The molecule has 3 aromatic heterocycles. The number of nitrogens with one attached hydrogen (secondary N) is 1. The van der Waals surface area contributed by atoms with Crippen LogP contribution >= 0.6 is 11.3 Å². The molecule has 0 amide bonds. The summed E-state index contributed by atoms with van der Waals surface area (Å²) in [5.41, 5.74) is 7.02. The van der Waals surface area contributed by atoms with E-state index in [-0.39, 0.29) is 0 Å². The van der Waals surface area contributed by atoms with Gasteiger partial charge in [-0.3, -0.25) is 4.98 Å². The summed E-state index contributed by atoms with van der Waals surface area (Å²) in [6, 6.07) is 4.40. The van der Waals surface area contributed by atoms with Crippen LogP contribution in [0.15, 0.2) is 29.1 Å². The molecule has 0 aromatic carbocycles. The smallest absolute Gasteiger partial charge is 0.139 e. The molecule has 156 valence electrons. The highest BCUT2D eigenvalue weighted by Gasteiger charge is 2.26. The maximum atomic E-state index is 4.95. The first-order valence-electron chi connectivity index (χ1n) is 11.1. The Bertz CT molecular complexity index is 1010. The zero-order valence-corrected chi connectivity index (χ0v) is 18.5. The fourth-order valence-corrected chi connectivity index (χ4v) is 5.25. The number of pyridine rings is 1. The van der Waals surface area contributed by atoms with Gasteiger partial charge in [-0.2, -0.15) is 11.3 Å². The molecule has 30 heavy (non-hydrogen) atoms. The molecule has 4 heterocycles. The number of anilines is 1. The van der Waals surface area contributed by atoms with E-state index in [0.29, 0.717) is 0 Å². The van der Waals surface area contributed by atoms with Crippen molar-refractivity contribution in [3.63, 3.8) is 0 Å². The van der Waals surface area contributed by atoms with Crippen molar-refractivity contribution < 1.29 is 0 Å². The lowest BCUT2D eigenvalue weighted by molar-refractivity contribution is 0.228. The Morgan fingerprint density at radius 2 is 2.07 bits per heavy atom. The van der Waals surface area contributed by atoms with Crippen LogP contribution in [0.2, 0.25) is 0 Å². The molecule has 2 aliphatic rings. The fraction of sp³-hybridized carbons (Fsp3) is 0.458. The molecular weight excluding hydrogens is 390 g/mol. The van der Waals surface area contributed by atoms with Crippen molar-refractivity contribution in [1.82, 2.24) is 19.9 Å². The molecule has 0 saturated carbocycles. The minimum Gasteiger partial charge on any atom is -0.369 e. The highest BCUT2D eigenvalue weighted by Crippen LogP contribution is 2.38. The van der Waals surface area contributed by atoms with Crippen LogP contribution in [0.4, 0.5) is 5.82 Å². The van der Waals surface area contributed by atoms with Gasteiger partial charge in [-0.25, -0.2) is 9.97 Å². The first-order valence-corrected chi connectivity index (χ1v) is 12.0. The SMILES string of the molecule is Cc1cnc2c(c1)Cc1nc(Cc3ccsc3)nc(NCCCN3CCCCC3)c1-2. The number of hydrogen-bond acceptors (Lipinski definition) is 6. The van der Waals surface area contributed by atoms with E-state index >= 15 is 0 Å². The Morgan fingerprint density at radius 3 is 2.90 bits per heavy atom. The number of nitrogens with zero attached hydrogens (tertiary/aromatic N) is 4. The van der Waals surface area contributed by atoms with E-state index in [2.05, 4.69) is 40.0 Å². The van der Waals surface area contributed by atoms with Gasteiger partial charge < -0.3 is 10.2 Å². The molecule has 0 unspecified atom stereocenters. The van der Waals surface area contributed by atoms with Gasteiger partial charge >= 0.3 is 0 Å². The van der Waals surface area contributed by atoms with Crippen LogP contribution in [-0.4, -0.2) is 46.0 Å². The van der Waals surface area contributed by atoms with Crippen LogP contribution in [0.25, 0.3) is 11.3 Å². The summed E-state index contributed by atoms with van der Waals surface area (Å²) in [5, 5.41) is 7.94. The van der Waals surface area contributed by atoms with Gasteiger partial charge in [-0.1, -0.05) is 12.5 Å². The van der Waals surface area contributed by atoms with Crippen molar-refractivity contribution in [2.24, 2.45) is 0 Å². The highest BCUT2D eigenvalue weighted by atomic mass is 32.1. The maximum absolute atomic E-state index is 4.95. The molecule has 5 nitrogen and oxygen atoms in total. The van der Waals surface area contributed by atoms with E-state index in [4.69, 9.17) is 15.0 Å². The molecule has 6 heteroatoms. The van der Waals surface area contributed by atoms with Crippen molar-refractivity contribution in [3.05, 3.63) is 57.3 Å². The number of hydrogen-bond donors (Lipinski definition) is 1. The number of piperidine rings is 1. The predicted molar refractivity (Wildman–Crippen MR) is 123 cm³/mol. The molecule has 5 rings (SSSR count). The quantitative estimate of drug-likeness (QED) is 0.440. The van der Waals surface area contributed by atoms with Crippen LogP contribution in [-0.2, 0) is 12.8 Å². The first kappa shape index (κ1) is 19.6. The Balaban J connectivity index is 1.36. The highest BCUT2D eigenvalue weighted by molar-refractivity contribution is 7.07. The van der Waals surface area contributed by atoms with E-state index in [9.17, 15) is 0 Å². The van der Waals surface area contributed by atoms with Gasteiger partial charge in [0.1, 0.15) is 11.6 Å². The predicted octanol–water partition coefficient (Wildman–Crippen LogP) is 4.69. The maximum Gasteiger partial charge on any atom is 0.139 e. The van der Waals surface area contributed by atoms with Gasteiger partial charge in [0.15, 0.2) is 0 Å². The molecule has 1 N–H and O–H groups in total. The molecule has 0 bridgehead atoms. The lowest BCUT2D eigenvalue weighted by Gasteiger charge is -2.26. The Kier molecular flexibility index (Phi) is 5.77. The molecule has 0 radical (unpaired) electrons. The zero-order chi connectivity index (χ0) is 20.3. The number of likely N-dealkylation sites (tertiary alicyclic amines) is 1. The topological polar surface area (TPSA) is 53.9 Å². The second-order valence-electron chi connectivity index (χ2n) is 8.50. The third-order valence-corrected chi connectivity index (χ3v) is 6.79. The molecule has 1 aliphatic carbocycles. The van der Waals surface area contributed by atoms with Crippen molar-refractivity contribution in [1.29, 1.82) is 0 Å². The van der Waals surface area contributed by atoms with Crippen molar-refractivity contribution in [2.45, 2.75) is 45.4 Å². The van der Waals surface area contributed by atoms with Crippen molar-refractivity contribution >= 4 is 17.2 Å². The Hall–Kier alpha value is -2.31. The van der Waals surface area contributed by atoms with Crippen LogP contribution in [0.1, 0.15) is 53.9 Å². The van der Waals surface area contributed by atoms with Gasteiger partial charge in [0, 0.05) is 25.6 Å². The van der Waals surface area contributed by atoms with Gasteiger partial charge in [-0.15, -0.1) is 0 Å². The molecule has 1 fully saturated rings. The molecule has 3 aromatic rings. The number of fused-ring (bicyclic) bond motifs is 3. The summed E-state index contributed by atoms with van der Waals surface area (Å²) in [7, 11) is 0. The second kappa shape index (κ2) is 8.82. The third kappa shape index (κ3) is 4.25. The Labute approximate surface area is 182 Å². The molecule has 1 aliphatic heterocycles. The minimum absolute atomic E-state index is 0.780. The van der Waals surface area contributed by atoms with Crippen molar-refractivity contribution in [2.75, 3.05) is 31.5 Å². The monoisotopic (exact) mass is 419 g/mol. The Morgan fingerprint density at radius 1 is 1.17 bits per heavy atom. The average molecular weight is 420 g/mol. The minimum atomic E-state index is 0.780. The van der Waals surface area contributed by atoms with Crippen LogP contribution < -0.4 is 5.32 Å². The number of aromatic nitrogens is 3. The van der Waals surface area contributed by atoms with Gasteiger partial charge in [-0.05, 0) is 79.3 Å². The van der Waals surface area contributed by atoms with Crippen molar-refractivity contribution in [3.8, 4) is 11.3 Å². The lowest BCUT2D eigenvalue weighted by Crippen LogP contribution is -2.31. The van der Waals surface area contributed by atoms with Crippen LogP contribution in [0.3, 0.4) is 0 Å². The zero-order valence-electron chi connectivity index (χ0n) is 17.7. The van der Waals surface area contributed by atoms with E-state index in [0.717, 1.165) is 60.9 Å². The van der Waals surface area contributed by atoms with E-state index in [1.807, 2.05) is 6.20 Å². The van der Waals surface area contributed by atoms with Crippen LogP contribution in [0, 0.1) is 6.92 Å². The van der Waals surface area contributed by atoms with Gasteiger partial charge in [0.05, 0.1) is 17.0 Å². The average Bonchev–Trinajstić information content (AvgIpc) is 3.38. The summed E-state index contributed by atoms with van der Waals surface area (Å²) in [5.74, 6) is 1.86. The van der Waals surface area contributed by atoms with Gasteiger partial charge in [0.25, 0.3) is 0 Å². The molecule has 0 spiro atoms. The summed E-state index contributed by atoms with van der Waals surface area (Å²) in [6.45, 7) is 6.70. The first-order chi connectivity index (χ1) is 14.8. The summed E-state index contributed by atoms with van der Waals surface area (Å²) in [6.07, 6.45) is 8.80. The number of aryl methyl sites for hydroxylation is 1. The molecule has 0 atom stereocenters. The summed E-state index contributed by atoms with van der Waals surface area (Å²) < 4.78 is 0. The number of rotatable bonds is 7.